The van der Waals surface area contributed by atoms with Crippen LogP contribution in [-0.4, -0.2) is 40.7 Å². The predicted octanol–water partition coefficient (Wildman–Crippen LogP) is 2.63. The molecule has 5 heteroatoms. The Morgan fingerprint density at radius 1 is 1.43 bits per heavy atom. The van der Waals surface area contributed by atoms with E-state index in [0.29, 0.717) is 5.56 Å². The minimum Gasteiger partial charge on any atom is -0.394 e. The fourth-order valence-electron chi connectivity index (χ4n) is 2.34. The van der Waals surface area contributed by atoms with Gasteiger partial charge in [0, 0.05) is 22.2 Å². The molecule has 0 saturated heterocycles. The molecule has 0 aliphatic heterocycles. The van der Waals surface area contributed by atoms with Crippen molar-refractivity contribution >= 4 is 28.6 Å². The van der Waals surface area contributed by atoms with Crippen LogP contribution in [0.25, 0.3) is 10.9 Å². The first-order chi connectivity index (χ1) is 10.1. The third-order valence-corrected chi connectivity index (χ3v) is 4.44. The number of amides is 1. The standard InChI is InChI=1S/C16H22N2O2S/c1-10-11(2)17-15-5-4-12(8-14(10)15)16(20)18-13(9-19)6-7-21-3/h4-5,8,13,17,19H,6-7,9H2,1-3H3,(H,18,20)/t13-/m1/s1. The number of hydrogen-bond donors (Lipinski definition) is 3. The van der Waals surface area contributed by atoms with Gasteiger partial charge >= 0.3 is 0 Å². The monoisotopic (exact) mass is 306 g/mol. The van der Waals surface area contributed by atoms with Gasteiger partial charge in [0.05, 0.1) is 12.6 Å². The number of H-pyrrole nitrogens is 1. The Kier molecular flexibility index (Phi) is 5.31. The number of thioether (sulfide) groups is 1. The largest absolute Gasteiger partial charge is 0.394 e. The highest BCUT2D eigenvalue weighted by molar-refractivity contribution is 7.98. The summed E-state index contributed by atoms with van der Waals surface area (Å²) in [6.45, 7) is 4.04. The molecule has 1 heterocycles. The fourth-order valence-corrected chi connectivity index (χ4v) is 2.86. The molecule has 2 aromatic rings. The number of aromatic nitrogens is 1. The van der Waals surface area contributed by atoms with Gasteiger partial charge in [-0.3, -0.25) is 4.79 Å². The highest BCUT2D eigenvalue weighted by Gasteiger charge is 2.14. The minimum atomic E-state index is -0.185. The number of nitrogens with one attached hydrogen (secondary N) is 2. The first-order valence-electron chi connectivity index (χ1n) is 7.06. The van der Waals surface area contributed by atoms with Crippen LogP contribution < -0.4 is 5.32 Å². The number of aryl methyl sites for hydroxylation is 2. The predicted molar refractivity (Wildman–Crippen MR) is 89.1 cm³/mol. The van der Waals surface area contributed by atoms with Gasteiger partial charge in [-0.2, -0.15) is 11.8 Å². The van der Waals surface area contributed by atoms with Crippen molar-refractivity contribution in [3.8, 4) is 0 Å². The van der Waals surface area contributed by atoms with Crippen LogP contribution in [-0.2, 0) is 0 Å². The summed E-state index contributed by atoms with van der Waals surface area (Å²) in [6, 6.07) is 5.47. The smallest absolute Gasteiger partial charge is 0.251 e. The highest BCUT2D eigenvalue weighted by Crippen LogP contribution is 2.22. The molecule has 0 unspecified atom stereocenters. The zero-order valence-corrected chi connectivity index (χ0v) is 13.5. The molecule has 1 amide bonds. The first kappa shape index (κ1) is 15.9. The normalized spacial score (nSPS) is 12.6. The lowest BCUT2D eigenvalue weighted by Gasteiger charge is -2.15. The third-order valence-electron chi connectivity index (χ3n) is 3.80. The number of benzene rings is 1. The lowest BCUT2D eigenvalue weighted by molar-refractivity contribution is 0.0915. The van der Waals surface area contributed by atoms with Crippen molar-refractivity contribution in [3.63, 3.8) is 0 Å². The molecular formula is C16H22N2O2S. The Morgan fingerprint density at radius 2 is 2.19 bits per heavy atom. The molecular weight excluding hydrogens is 284 g/mol. The molecule has 0 aliphatic rings. The van der Waals surface area contributed by atoms with E-state index in [2.05, 4.69) is 10.3 Å². The van der Waals surface area contributed by atoms with Gasteiger partial charge in [-0.25, -0.2) is 0 Å². The maximum Gasteiger partial charge on any atom is 0.251 e. The maximum atomic E-state index is 12.3. The molecule has 0 spiro atoms. The molecule has 2 rings (SSSR count). The van der Waals surface area contributed by atoms with Crippen LogP contribution in [0.3, 0.4) is 0 Å². The summed E-state index contributed by atoms with van der Waals surface area (Å²) in [6.07, 6.45) is 2.79. The zero-order valence-electron chi connectivity index (χ0n) is 12.7. The van der Waals surface area contributed by atoms with E-state index in [-0.39, 0.29) is 18.6 Å². The van der Waals surface area contributed by atoms with Gasteiger partial charge in [0.2, 0.25) is 0 Å². The van der Waals surface area contributed by atoms with E-state index in [4.69, 9.17) is 0 Å². The summed E-state index contributed by atoms with van der Waals surface area (Å²) in [4.78, 5) is 15.6. The van der Waals surface area contributed by atoms with E-state index in [0.717, 1.165) is 28.8 Å². The van der Waals surface area contributed by atoms with Crippen LogP contribution in [0, 0.1) is 13.8 Å². The van der Waals surface area contributed by atoms with Crippen LogP contribution >= 0.6 is 11.8 Å². The molecule has 0 saturated carbocycles. The molecule has 0 fully saturated rings. The van der Waals surface area contributed by atoms with Crippen molar-refractivity contribution in [2.75, 3.05) is 18.6 Å². The summed E-state index contributed by atoms with van der Waals surface area (Å²) < 4.78 is 0. The minimum absolute atomic E-state index is 0.0309. The quantitative estimate of drug-likeness (QED) is 0.768. The van der Waals surface area contributed by atoms with Crippen molar-refractivity contribution in [2.45, 2.75) is 26.3 Å². The molecule has 0 radical (unpaired) electrons. The number of aliphatic hydroxyl groups is 1. The number of rotatable bonds is 6. The number of carbonyl (C=O) groups excluding carboxylic acids is 1. The molecule has 1 aromatic carbocycles. The first-order valence-corrected chi connectivity index (χ1v) is 8.45. The number of carbonyl (C=O) groups is 1. The Labute approximate surface area is 129 Å². The number of fused-ring (bicyclic) bond motifs is 1. The van der Waals surface area contributed by atoms with E-state index in [1.807, 2.05) is 38.3 Å². The van der Waals surface area contributed by atoms with Crippen LogP contribution in [0.4, 0.5) is 0 Å². The van der Waals surface area contributed by atoms with Gasteiger partial charge in [-0.05, 0) is 56.0 Å². The molecule has 0 aliphatic carbocycles. The lowest BCUT2D eigenvalue weighted by atomic mass is 10.1. The van der Waals surface area contributed by atoms with Gasteiger partial charge < -0.3 is 15.4 Å². The van der Waals surface area contributed by atoms with E-state index in [1.54, 1.807) is 11.8 Å². The lowest BCUT2D eigenvalue weighted by Crippen LogP contribution is -2.37. The third kappa shape index (κ3) is 3.60. The van der Waals surface area contributed by atoms with Crippen LogP contribution in [0.15, 0.2) is 18.2 Å². The van der Waals surface area contributed by atoms with E-state index in [1.165, 1.54) is 5.56 Å². The zero-order chi connectivity index (χ0) is 15.4. The summed E-state index contributed by atoms with van der Waals surface area (Å²) in [7, 11) is 0. The van der Waals surface area contributed by atoms with Gasteiger partial charge in [-0.15, -0.1) is 0 Å². The average Bonchev–Trinajstić information content (AvgIpc) is 2.78. The maximum absolute atomic E-state index is 12.3. The second-order valence-electron chi connectivity index (χ2n) is 5.27. The summed E-state index contributed by atoms with van der Waals surface area (Å²) >= 11 is 1.71. The second kappa shape index (κ2) is 7.00. The van der Waals surface area contributed by atoms with E-state index >= 15 is 0 Å². The Balaban J connectivity index is 2.17. The molecule has 4 nitrogen and oxygen atoms in total. The van der Waals surface area contributed by atoms with Gasteiger partial charge in [0.15, 0.2) is 0 Å². The topological polar surface area (TPSA) is 65.1 Å². The molecule has 21 heavy (non-hydrogen) atoms. The van der Waals surface area contributed by atoms with Gasteiger partial charge in [-0.1, -0.05) is 0 Å². The Hall–Kier alpha value is -1.46. The average molecular weight is 306 g/mol. The van der Waals surface area contributed by atoms with Crippen molar-refractivity contribution in [2.24, 2.45) is 0 Å². The number of hydrogen-bond acceptors (Lipinski definition) is 3. The SMILES string of the molecule is CSCC[C@H](CO)NC(=O)c1ccc2[nH]c(C)c(C)c2c1. The molecule has 3 N–H and O–H groups in total. The van der Waals surface area contributed by atoms with Crippen LogP contribution in [0.5, 0.6) is 0 Å². The highest BCUT2D eigenvalue weighted by atomic mass is 32.2. The van der Waals surface area contributed by atoms with Crippen LogP contribution in [0.2, 0.25) is 0 Å². The number of aliphatic hydroxyl groups excluding tert-OH is 1. The summed E-state index contributed by atoms with van der Waals surface area (Å²) in [5.74, 6) is 0.788. The van der Waals surface area contributed by atoms with E-state index in [9.17, 15) is 9.90 Å². The number of aromatic amines is 1. The van der Waals surface area contributed by atoms with Gasteiger partial charge in [0.1, 0.15) is 0 Å². The van der Waals surface area contributed by atoms with Gasteiger partial charge in [0.25, 0.3) is 5.91 Å². The Morgan fingerprint density at radius 3 is 2.86 bits per heavy atom. The van der Waals surface area contributed by atoms with E-state index < -0.39 is 0 Å². The molecule has 0 bridgehead atoms. The van der Waals surface area contributed by atoms with Crippen molar-refractivity contribution in [3.05, 3.63) is 35.0 Å². The van der Waals surface area contributed by atoms with Crippen molar-refractivity contribution < 1.29 is 9.90 Å². The summed E-state index contributed by atoms with van der Waals surface area (Å²) in [5, 5.41) is 13.3. The molecule has 1 atom stereocenters. The summed E-state index contributed by atoms with van der Waals surface area (Å²) in [5.41, 5.74) is 3.96. The van der Waals surface area contributed by atoms with Crippen molar-refractivity contribution in [1.82, 2.24) is 10.3 Å². The molecule has 1 aromatic heterocycles. The molecule has 114 valence electrons. The van der Waals surface area contributed by atoms with Crippen LogP contribution in [0.1, 0.15) is 28.0 Å². The van der Waals surface area contributed by atoms with Crippen molar-refractivity contribution in [1.29, 1.82) is 0 Å². The second-order valence-corrected chi connectivity index (χ2v) is 6.26. The fraction of sp³-hybridized carbons (Fsp3) is 0.438. The Bertz CT molecular complexity index is 636.